The van der Waals surface area contributed by atoms with E-state index in [0.29, 0.717) is 12.5 Å². The Bertz CT molecular complexity index is 612. The van der Waals surface area contributed by atoms with Gasteiger partial charge in [-0.1, -0.05) is 0 Å². The monoisotopic (exact) mass is 309 g/mol. The summed E-state index contributed by atoms with van der Waals surface area (Å²) in [6.07, 6.45) is 0.710. The summed E-state index contributed by atoms with van der Waals surface area (Å²) in [4.78, 5) is 23.4. The van der Waals surface area contributed by atoms with Gasteiger partial charge in [0.1, 0.15) is 19.4 Å². The average molecular weight is 309 g/mol. The Kier molecular flexibility index (Phi) is 3.88. The van der Waals surface area contributed by atoms with Crippen molar-refractivity contribution in [3.05, 3.63) is 17.0 Å². The van der Waals surface area contributed by atoms with E-state index >= 15 is 0 Å². The first kappa shape index (κ1) is 15.0. The number of fused-ring (bicyclic) bond motifs is 3. The lowest BCUT2D eigenvalue weighted by Crippen LogP contribution is -2.20. The minimum atomic E-state index is -0.586. The van der Waals surface area contributed by atoms with Gasteiger partial charge in [0.15, 0.2) is 5.69 Å². The fourth-order valence-electron chi connectivity index (χ4n) is 3.21. The predicted molar refractivity (Wildman–Crippen MR) is 73.9 cm³/mol. The van der Waals surface area contributed by atoms with Crippen LogP contribution in [0.4, 0.5) is 0 Å². The summed E-state index contributed by atoms with van der Waals surface area (Å²) < 4.78 is 17.1. The summed E-state index contributed by atoms with van der Waals surface area (Å²) in [7, 11) is 1.55. The molecule has 120 valence electrons. The van der Waals surface area contributed by atoms with Crippen molar-refractivity contribution in [2.45, 2.75) is 31.9 Å². The number of primary amides is 1. The van der Waals surface area contributed by atoms with E-state index in [2.05, 4.69) is 5.10 Å². The summed E-state index contributed by atoms with van der Waals surface area (Å²) in [5.74, 6) is -0.461. The number of hydrogen-bond acceptors (Lipinski definition) is 6. The summed E-state index contributed by atoms with van der Waals surface area (Å²) in [5.41, 5.74) is 7.22. The summed E-state index contributed by atoms with van der Waals surface area (Å²) >= 11 is 0. The molecule has 8 nitrogen and oxygen atoms in total. The average Bonchev–Trinajstić information content (AvgIpc) is 3.06. The molecule has 0 spiro atoms. The van der Waals surface area contributed by atoms with Crippen LogP contribution in [-0.2, 0) is 25.5 Å². The van der Waals surface area contributed by atoms with Gasteiger partial charge < -0.3 is 19.9 Å². The van der Waals surface area contributed by atoms with E-state index in [1.165, 1.54) is 4.68 Å². The van der Waals surface area contributed by atoms with Gasteiger partial charge >= 0.3 is 5.97 Å². The highest BCUT2D eigenvalue weighted by Gasteiger charge is 2.57. The number of amides is 1. The van der Waals surface area contributed by atoms with Gasteiger partial charge in [0.05, 0.1) is 12.3 Å². The fraction of sp³-hybridized carbons (Fsp3) is 0.643. The zero-order valence-corrected chi connectivity index (χ0v) is 12.6. The van der Waals surface area contributed by atoms with Crippen molar-refractivity contribution in [3.8, 4) is 0 Å². The van der Waals surface area contributed by atoms with Crippen LogP contribution >= 0.6 is 0 Å². The molecule has 2 N–H and O–H groups in total. The number of methoxy groups -OCH3 is 1. The highest BCUT2D eigenvalue weighted by Crippen LogP contribution is 2.63. The van der Waals surface area contributed by atoms with Crippen molar-refractivity contribution in [1.29, 1.82) is 0 Å². The molecule has 0 saturated heterocycles. The maximum atomic E-state index is 11.7. The SMILES string of the molecule is CCOC(=O)Cn1nc(C(N)=O)c2c1[C@H](OCOC)[C@@H]1C[C@H]21. The summed E-state index contributed by atoms with van der Waals surface area (Å²) in [5, 5.41) is 4.21. The zero-order chi connectivity index (χ0) is 15.9. The van der Waals surface area contributed by atoms with Crippen LogP contribution < -0.4 is 5.73 Å². The van der Waals surface area contributed by atoms with Crippen LogP contribution in [-0.4, -0.2) is 42.2 Å². The zero-order valence-electron chi connectivity index (χ0n) is 12.6. The lowest BCUT2D eigenvalue weighted by atomic mass is 10.1. The number of nitrogens with zero attached hydrogens (tertiary/aromatic N) is 2. The molecule has 0 unspecified atom stereocenters. The first-order valence-corrected chi connectivity index (χ1v) is 7.25. The van der Waals surface area contributed by atoms with Crippen LogP contribution in [0, 0.1) is 5.92 Å². The van der Waals surface area contributed by atoms with Crippen LogP contribution in [0.1, 0.15) is 47.1 Å². The van der Waals surface area contributed by atoms with Crippen molar-refractivity contribution < 1.29 is 23.8 Å². The second kappa shape index (κ2) is 5.69. The Balaban J connectivity index is 1.94. The molecule has 0 bridgehead atoms. The minimum Gasteiger partial charge on any atom is -0.465 e. The molecule has 1 aromatic heterocycles. The van der Waals surface area contributed by atoms with Crippen LogP contribution in [0.15, 0.2) is 0 Å². The molecule has 8 heteroatoms. The van der Waals surface area contributed by atoms with Gasteiger partial charge in [-0.2, -0.15) is 5.10 Å². The minimum absolute atomic E-state index is 0.0598. The highest BCUT2D eigenvalue weighted by atomic mass is 16.7. The van der Waals surface area contributed by atoms with Crippen LogP contribution in [0.2, 0.25) is 0 Å². The molecule has 1 amide bonds. The van der Waals surface area contributed by atoms with E-state index in [4.69, 9.17) is 19.9 Å². The molecule has 3 atom stereocenters. The van der Waals surface area contributed by atoms with Gasteiger partial charge in [0.2, 0.25) is 0 Å². The van der Waals surface area contributed by atoms with Crippen molar-refractivity contribution in [2.24, 2.45) is 11.7 Å². The molecular formula is C14H19N3O5. The summed E-state index contributed by atoms with van der Waals surface area (Å²) in [6.45, 7) is 2.11. The van der Waals surface area contributed by atoms with E-state index < -0.39 is 11.9 Å². The first-order valence-electron chi connectivity index (χ1n) is 7.25. The molecule has 1 heterocycles. The quantitative estimate of drug-likeness (QED) is 0.574. The Hall–Kier alpha value is -1.93. The Morgan fingerprint density at radius 2 is 2.23 bits per heavy atom. The molecular weight excluding hydrogens is 290 g/mol. The van der Waals surface area contributed by atoms with Gasteiger partial charge in [0, 0.05) is 12.7 Å². The summed E-state index contributed by atoms with van der Waals surface area (Å²) in [6, 6.07) is 0. The third-order valence-corrected chi connectivity index (χ3v) is 4.08. The Labute approximate surface area is 127 Å². The Morgan fingerprint density at radius 1 is 1.45 bits per heavy atom. The third kappa shape index (κ3) is 2.38. The largest absolute Gasteiger partial charge is 0.465 e. The molecule has 22 heavy (non-hydrogen) atoms. The maximum absolute atomic E-state index is 11.7. The number of esters is 1. The van der Waals surface area contributed by atoms with E-state index in [1.807, 2.05) is 0 Å². The van der Waals surface area contributed by atoms with Crippen molar-refractivity contribution in [2.75, 3.05) is 20.5 Å². The molecule has 0 aliphatic heterocycles. The van der Waals surface area contributed by atoms with Crippen molar-refractivity contribution in [1.82, 2.24) is 9.78 Å². The van der Waals surface area contributed by atoms with Crippen LogP contribution in [0.3, 0.4) is 0 Å². The number of nitrogens with two attached hydrogens (primary N) is 1. The van der Waals surface area contributed by atoms with Gasteiger partial charge in [-0.15, -0.1) is 0 Å². The van der Waals surface area contributed by atoms with Crippen LogP contribution in [0.5, 0.6) is 0 Å². The Morgan fingerprint density at radius 3 is 2.86 bits per heavy atom. The first-order chi connectivity index (χ1) is 10.6. The maximum Gasteiger partial charge on any atom is 0.327 e. The lowest BCUT2D eigenvalue weighted by Gasteiger charge is -2.16. The molecule has 2 aliphatic rings. The second-order valence-corrected chi connectivity index (χ2v) is 5.47. The third-order valence-electron chi connectivity index (χ3n) is 4.08. The van der Waals surface area contributed by atoms with Gasteiger partial charge in [-0.25, -0.2) is 0 Å². The molecule has 1 saturated carbocycles. The number of carbonyl (C=O) groups is 2. The van der Waals surface area contributed by atoms with E-state index in [9.17, 15) is 9.59 Å². The van der Waals surface area contributed by atoms with Gasteiger partial charge in [-0.05, 0) is 25.2 Å². The standard InChI is InChI=1S/C14H19N3O5/c1-3-21-9(18)5-17-12-10(11(16-17)14(15)19)7-4-8(7)13(12)22-6-20-2/h7-8,13H,3-6H2,1-2H3,(H2,15,19)/t7-,8+,13+/m0/s1. The molecule has 1 aromatic rings. The van der Waals surface area contributed by atoms with E-state index in [-0.39, 0.29) is 31.1 Å². The number of carbonyl (C=O) groups excluding carboxylic acids is 2. The highest BCUT2D eigenvalue weighted by molar-refractivity contribution is 5.93. The smallest absolute Gasteiger partial charge is 0.327 e. The second-order valence-electron chi connectivity index (χ2n) is 5.47. The van der Waals surface area contributed by atoms with Crippen molar-refractivity contribution in [3.63, 3.8) is 0 Å². The number of hydrogen-bond donors (Lipinski definition) is 1. The molecule has 0 radical (unpaired) electrons. The molecule has 1 fully saturated rings. The normalized spacial score (nSPS) is 24.7. The van der Waals surface area contributed by atoms with Crippen LogP contribution in [0.25, 0.3) is 0 Å². The number of aromatic nitrogens is 2. The molecule has 3 rings (SSSR count). The van der Waals surface area contributed by atoms with E-state index in [0.717, 1.165) is 17.7 Å². The lowest BCUT2D eigenvalue weighted by molar-refractivity contribution is -0.144. The van der Waals surface area contributed by atoms with Gasteiger partial charge in [-0.3, -0.25) is 14.3 Å². The van der Waals surface area contributed by atoms with E-state index in [1.54, 1.807) is 14.0 Å². The number of ether oxygens (including phenoxy) is 3. The molecule has 2 aliphatic carbocycles. The molecule has 0 aromatic carbocycles. The fourth-order valence-corrected chi connectivity index (χ4v) is 3.21. The van der Waals surface area contributed by atoms with Crippen molar-refractivity contribution >= 4 is 11.9 Å². The predicted octanol–water partition coefficient (Wildman–Crippen LogP) is 0.324. The van der Waals surface area contributed by atoms with Gasteiger partial charge in [0.25, 0.3) is 5.91 Å². The number of rotatable bonds is 7. The topological polar surface area (TPSA) is 106 Å².